The van der Waals surface area contributed by atoms with Gasteiger partial charge in [0.1, 0.15) is 12.3 Å². The van der Waals surface area contributed by atoms with Crippen molar-refractivity contribution in [3.63, 3.8) is 0 Å². The Morgan fingerprint density at radius 3 is 2.34 bits per heavy atom. The van der Waals surface area contributed by atoms with Crippen LogP contribution in [-0.4, -0.2) is 62.7 Å². The Labute approximate surface area is 183 Å². The lowest BCUT2D eigenvalue weighted by atomic mass is 10.1. The van der Waals surface area contributed by atoms with Crippen LogP contribution in [0.15, 0.2) is 52.8 Å². The standard InChI is InChI=1S/C21H21N5O6/c1-30-14-7-5-13(6-8-14)26-20(28)18-19(21(26)29)25(24-23-18)11-17(27)22-12-4-9-15(31-2)16(10-12)32-3/h4-10,18-19H,11H2,1-3H3,(H,22,27)/t18-,19+/m1/s1. The van der Waals surface area contributed by atoms with Crippen molar-refractivity contribution in [3.05, 3.63) is 42.5 Å². The molecular formula is C21H21N5O6. The number of hydrogen-bond acceptors (Lipinski definition) is 9. The number of fused-ring (bicyclic) bond motifs is 1. The first-order valence-electron chi connectivity index (χ1n) is 9.68. The molecule has 11 nitrogen and oxygen atoms in total. The Kier molecular flexibility index (Phi) is 5.63. The molecule has 11 heteroatoms. The summed E-state index contributed by atoms with van der Waals surface area (Å²) in [5, 5.41) is 11.8. The predicted molar refractivity (Wildman–Crippen MR) is 113 cm³/mol. The van der Waals surface area contributed by atoms with Crippen molar-refractivity contribution in [3.8, 4) is 17.2 Å². The van der Waals surface area contributed by atoms with Crippen LogP contribution in [0.2, 0.25) is 0 Å². The topological polar surface area (TPSA) is 122 Å². The van der Waals surface area contributed by atoms with Gasteiger partial charge in [0.25, 0.3) is 11.8 Å². The molecule has 4 rings (SSSR count). The van der Waals surface area contributed by atoms with Crippen LogP contribution in [0.1, 0.15) is 0 Å². The van der Waals surface area contributed by atoms with Gasteiger partial charge in [0.2, 0.25) is 5.91 Å². The van der Waals surface area contributed by atoms with Crippen LogP contribution in [0.25, 0.3) is 0 Å². The molecule has 1 saturated heterocycles. The first-order chi connectivity index (χ1) is 15.5. The third-order valence-corrected chi connectivity index (χ3v) is 5.16. The highest BCUT2D eigenvalue weighted by molar-refractivity contribution is 6.25. The minimum absolute atomic E-state index is 0.255. The number of anilines is 2. The van der Waals surface area contributed by atoms with E-state index in [9.17, 15) is 14.4 Å². The molecule has 2 aromatic carbocycles. The van der Waals surface area contributed by atoms with E-state index in [-0.39, 0.29) is 6.54 Å². The zero-order valence-electron chi connectivity index (χ0n) is 17.6. The first kappa shape index (κ1) is 21.1. The Morgan fingerprint density at radius 1 is 0.969 bits per heavy atom. The second kappa shape index (κ2) is 8.53. The van der Waals surface area contributed by atoms with Crippen LogP contribution >= 0.6 is 0 Å². The number of imide groups is 1. The van der Waals surface area contributed by atoms with Crippen molar-refractivity contribution >= 4 is 29.1 Å². The summed E-state index contributed by atoms with van der Waals surface area (Å²) in [6.45, 7) is -0.255. The normalized spacial score (nSPS) is 19.2. The summed E-state index contributed by atoms with van der Waals surface area (Å²) in [4.78, 5) is 39.4. The van der Waals surface area contributed by atoms with Crippen molar-refractivity contribution < 1.29 is 28.6 Å². The molecule has 2 heterocycles. The summed E-state index contributed by atoms with van der Waals surface area (Å²) in [7, 11) is 4.53. The highest BCUT2D eigenvalue weighted by atomic mass is 16.5. The van der Waals surface area contributed by atoms with Gasteiger partial charge in [-0.15, -0.1) is 0 Å². The fourth-order valence-corrected chi connectivity index (χ4v) is 3.60. The smallest absolute Gasteiger partial charge is 0.263 e. The average Bonchev–Trinajstić information content (AvgIpc) is 3.32. The molecule has 0 spiro atoms. The first-order valence-corrected chi connectivity index (χ1v) is 9.68. The van der Waals surface area contributed by atoms with E-state index < -0.39 is 29.8 Å². The third kappa shape index (κ3) is 3.68. The second-order valence-electron chi connectivity index (χ2n) is 7.02. The molecule has 1 N–H and O–H groups in total. The van der Waals surface area contributed by atoms with E-state index in [4.69, 9.17) is 14.2 Å². The van der Waals surface area contributed by atoms with E-state index in [0.717, 1.165) is 4.90 Å². The van der Waals surface area contributed by atoms with Gasteiger partial charge in [-0.05, 0) is 36.4 Å². The average molecular weight is 439 g/mol. The Morgan fingerprint density at radius 2 is 1.69 bits per heavy atom. The fraction of sp³-hybridized carbons (Fsp3) is 0.286. The van der Waals surface area contributed by atoms with E-state index in [2.05, 4.69) is 15.7 Å². The van der Waals surface area contributed by atoms with Crippen LogP contribution in [0.4, 0.5) is 11.4 Å². The lowest BCUT2D eigenvalue weighted by Crippen LogP contribution is -2.43. The minimum atomic E-state index is -0.988. The molecule has 0 radical (unpaired) electrons. The molecule has 0 saturated carbocycles. The lowest BCUT2D eigenvalue weighted by molar-refractivity contribution is -0.123. The minimum Gasteiger partial charge on any atom is -0.497 e. The number of methoxy groups -OCH3 is 3. The maximum absolute atomic E-state index is 13.0. The van der Waals surface area contributed by atoms with Crippen molar-refractivity contribution in [2.24, 2.45) is 10.3 Å². The van der Waals surface area contributed by atoms with Crippen molar-refractivity contribution in [2.45, 2.75) is 12.1 Å². The largest absolute Gasteiger partial charge is 0.497 e. The molecule has 1 fully saturated rings. The number of rotatable bonds is 7. The van der Waals surface area contributed by atoms with Gasteiger partial charge in [0, 0.05) is 11.8 Å². The number of hydrogen-bond donors (Lipinski definition) is 1. The summed E-state index contributed by atoms with van der Waals surface area (Å²) in [5.74, 6) is 0.167. The second-order valence-corrected chi connectivity index (χ2v) is 7.02. The van der Waals surface area contributed by atoms with Crippen LogP contribution < -0.4 is 24.4 Å². The molecule has 2 aromatic rings. The Hall–Kier alpha value is -4.15. The fourth-order valence-electron chi connectivity index (χ4n) is 3.60. The van der Waals surface area contributed by atoms with Crippen molar-refractivity contribution in [1.82, 2.24) is 5.01 Å². The molecule has 2 atom stereocenters. The predicted octanol–water partition coefficient (Wildman–Crippen LogP) is 1.64. The zero-order chi connectivity index (χ0) is 22.8. The molecule has 2 aliphatic rings. The van der Waals surface area contributed by atoms with Gasteiger partial charge in [0.05, 0.1) is 27.0 Å². The number of nitrogens with zero attached hydrogens (tertiary/aromatic N) is 4. The quantitative estimate of drug-likeness (QED) is 0.651. The summed E-state index contributed by atoms with van der Waals surface area (Å²) in [6, 6.07) is 9.50. The number of carbonyl (C=O) groups excluding carboxylic acids is 3. The molecule has 0 bridgehead atoms. The third-order valence-electron chi connectivity index (χ3n) is 5.16. The maximum atomic E-state index is 13.0. The number of carbonyl (C=O) groups is 3. The van der Waals surface area contributed by atoms with E-state index in [1.165, 1.54) is 26.3 Å². The monoisotopic (exact) mass is 439 g/mol. The molecule has 32 heavy (non-hydrogen) atoms. The van der Waals surface area contributed by atoms with Gasteiger partial charge in [0.15, 0.2) is 23.6 Å². The summed E-state index contributed by atoms with van der Waals surface area (Å²) in [6.07, 6.45) is 0. The van der Waals surface area contributed by atoms with Crippen molar-refractivity contribution in [1.29, 1.82) is 0 Å². The summed E-state index contributed by atoms with van der Waals surface area (Å²) >= 11 is 0. The highest BCUT2D eigenvalue weighted by Crippen LogP contribution is 2.33. The summed E-state index contributed by atoms with van der Waals surface area (Å²) in [5.41, 5.74) is 0.883. The molecule has 166 valence electrons. The molecule has 3 amide bonds. The van der Waals surface area contributed by atoms with E-state index >= 15 is 0 Å². The highest BCUT2D eigenvalue weighted by Gasteiger charge is 2.55. The van der Waals surface area contributed by atoms with Crippen LogP contribution in [0.3, 0.4) is 0 Å². The van der Waals surface area contributed by atoms with Gasteiger partial charge in [-0.25, -0.2) is 4.90 Å². The van der Waals surface area contributed by atoms with Gasteiger partial charge in [-0.3, -0.25) is 19.4 Å². The number of ether oxygens (including phenoxy) is 3. The molecule has 2 aliphatic heterocycles. The summed E-state index contributed by atoms with van der Waals surface area (Å²) < 4.78 is 15.5. The SMILES string of the molecule is COc1ccc(N2C(=O)[C@@H]3[C@@H](N=NN3CC(=O)Nc3ccc(OC)c(OC)c3)C2=O)cc1. The number of amides is 3. The van der Waals surface area contributed by atoms with Gasteiger partial charge < -0.3 is 19.5 Å². The molecule has 0 aromatic heterocycles. The lowest BCUT2D eigenvalue weighted by Gasteiger charge is -2.20. The van der Waals surface area contributed by atoms with Crippen LogP contribution in [0.5, 0.6) is 17.2 Å². The van der Waals surface area contributed by atoms with Gasteiger partial charge >= 0.3 is 0 Å². The maximum Gasteiger partial charge on any atom is 0.263 e. The zero-order valence-corrected chi connectivity index (χ0v) is 17.6. The van der Waals surface area contributed by atoms with E-state index in [1.54, 1.807) is 42.5 Å². The number of benzene rings is 2. The van der Waals surface area contributed by atoms with Gasteiger partial charge in [-0.2, -0.15) is 5.11 Å². The van der Waals surface area contributed by atoms with E-state index in [0.29, 0.717) is 28.6 Å². The van der Waals surface area contributed by atoms with E-state index in [1.807, 2.05) is 0 Å². The molecule has 0 aliphatic carbocycles. The van der Waals surface area contributed by atoms with Crippen LogP contribution in [-0.2, 0) is 14.4 Å². The van der Waals surface area contributed by atoms with Gasteiger partial charge in [-0.1, -0.05) is 5.22 Å². The Balaban J connectivity index is 1.46. The van der Waals surface area contributed by atoms with Crippen LogP contribution in [0, 0.1) is 0 Å². The van der Waals surface area contributed by atoms with Crippen molar-refractivity contribution in [2.75, 3.05) is 38.1 Å². The number of nitrogens with one attached hydrogen (secondary N) is 1. The Bertz CT molecular complexity index is 1090. The molecule has 0 unspecified atom stereocenters. The molecular weight excluding hydrogens is 418 g/mol.